The van der Waals surface area contributed by atoms with E-state index in [1.165, 1.54) is 0 Å². The number of carbonyl (C=O) groups is 1. The second-order valence-electron chi connectivity index (χ2n) is 2.33. The minimum Gasteiger partial charge on any atom is -0.447 e. The maximum absolute atomic E-state index is 10.7. The van der Waals surface area contributed by atoms with Crippen LogP contribution in [0.5, 0.6) is 0 Å². The molecule has 58 valence electrons. The Morgan fingerprint density at radius 2 is 2.50 bits per heavy atom. The monoisotopic (exact) mass is 145 g/mol. The first-order valence-electron chi connectivity index (χ1n) is 3.20. The van der Waals surface area contributed by atoms with Crippen molar-refractivity contribution in [1.82, 2.24) is 0 Å². The average molecular weight is 145 g/mol. The van der Waals surface area contributed by atoms with E-state index in [9.17, 15) is 4.79 Å². The number of hydrogen-bond acceptors (Lipinski definition) is 4. The van der Waals surface area contributed by atoms with E-state index in [2.05, 4.69) is 4.74 Å². The summed E-state index contributed by atoms with van der Waals surface area (Å²) in [4.78, 5) is 10.7. The van der Waals surface area contributed by atoms with Gasteiger partial charge in [0, 0.05) is 13.5 Å². The molecule has 1 aliphatic rings. The van der Waals surface area contributed by atoms with Crippen LogP contribution in [0.2, 0.25) is 0 Å². The molecule has 2 atom stereocenters. The third kappa shape index (κ3) is 1.68. The fraction of sp³-hybridized carbons (Fsp3) is 0.833. The Hall–Kier alpha value is -0.610. The molecule has 1 heterocycles. The predicted octanol–water partition coefficient (Wildman–Crippen LogP) is -0.377. The SMILES string of the molecule is COC1CC(=O)OC(N)C1. The number of cyclic esters (lactones) is 1. The fourth-order valence-electron chi connectivity index (χ4n) is 0.973. The van der Waals surface area contributed by atoms with Crippen LogP contribution >= 0.6 is 0 Å². The van der Waals surface area contributed by atoms with Gasteiger partial charge in [-0.2, -0.15) is 0 Å². The van der Waals surface area contributed by atoms with Crippen molar-refractivity contribution in [2.45, 2.75) is 25.2 Å². The van der Waals surface area contributed by atoms with E-state index >= 15 is 0 Å². The van der Waals surface area contributed by atoms with Gasteiger partial charge in [-0.3, -0.25) is 10.5 Å². The van der Waals surface area contributed by atoms with Crippen LogP contribution in [0.25, 0.3) is 0 Å². The molecule has 10 heavy (non-hydrogen) atoms. The molecule has 0 aromatic carbocycles. The van der Waals surface area contributed by atoms with Crippen LogP contribution in [0.15, 0.2) is 0 Å². The number of nitrogens with two attached hydrogens (primary N) is 1. The van der Waals surface area contributed by atoms with Crippen molar-refractivity contribution in [2.24, 2.45) is 5.73 Å². The summed E-state index contributed by atoms with van der Waals surface area (Å²) in [6, 6.07) is 0. The van der Waals surface area contributed by atoms with Gasteiger partial charge < -0.3 is 9.47 Å². The number of hydrogen-bond donors (Lipinski definition) is 1. The maximum Gasteiger partial charge on any atom is 0.309 e. The summed E-state index contributed by atoms with van der Waals surface area (Å²) in [5.74, 6) is -0.273. The zero-order chi connectivity index (χ0) is 7.56. The van der Waals surface area contributed by atoms with Crippen molar-refractivity contribution in [3.8, 4) is 0 Å². The zero-order valence-electron chi connectivity index (χ0n) is 5.87. The van der Waals surface area contributed by atoms with Crippen molar-refractivity contribution in [1.29, 1.82) is 0 Å². The summed E-state index contributed by atoms with van der Waals surface area (Å²) >= 11 is 0. The molecule has 0 bridgehead atoms. The van der Waals surface area contributed by atoms with Gasteiger partial charge in [-0.15, -0.1) is 0 Å². The molecule has 1 aliphatic heterocycles. The van der Waals surface area contributed by atoms with Crippen LogP contribution in [-0.4, -0.2) is 25.4 Å². The number of ether oxygens (including phenoxy) is 2. The number of esters is 1. The molecule has 4 nitrogen and oxygen atoms in total. The highest BCUT2D eigenvalue weighted by Gasteiger charge is 2.25. The van der Waals surface area contributed by atoms with E-state index in [0.717, 1.165) is 0 Å². The minimum atomic E-state index is -0.480. The summed E-state index contributed by atoms with van der Waals surface area (Å²) in [5, 5.41) is 0. The van der Waals surface area contributed by atoms with Crippen molar-refractivity contribution >= 4 is 5.97 Å². The highest BCUT2D eigenvalue weighted by Crippen LogP contribution is 2.13. The Bertz CT molecular complexity index is 137. The van der Waals surface area contributed by atoms with Gasteiger partial charge in [-0.25, -0.2) is 0 Å². The van der Waals surface area contributed by atoms with E-state index in [4.69, 9.17) is 10.5 Å². The Labute approximate surface area is 59.3 Å². The normalized spacial score (nSPS) is 33.6. The van der Waals surface area contributed by atoms with Crippen LogP contribution in [0.3, 0.4) is 0 Å². The first-order valence-corrected chi connectivity index (χ1v) is 3.20. The van der Waals surface area contributed by atoms with Gasteiger partial charge in [0.1, 0.15) is 0 Å². The van der Waals surface area contributed by atoms with Crippen LogP contribution in [0.1, 0.15) is 12.8 Å². The average Bonchev–Trinajstić information content (AvgIpc) is 1.85. The van der Waals surface area contributed by atoms with E-state index in [-0.39, 0.29) is 12.1 Å². The smallest absolute Gasteiger partial charge is 0.309 e. The number of methoxy groups -OCH3 is 1. The molecule has 2 N–H and O–H groups in total. The van der Waals surface area contributed by atoms with E-state index in [1.807, 2.05) is 0 Å². The van der Waals surface area contributed by atoms with Gasteiger partial charge in [-0.05, 0) is 0 Å². The van der Waals surface area contributed by atoms with Crippen molar-refractivity contribution < 1.29 is 14.3 Å². The molecule has 0 saturated carbocycles. The summed E-state index contributed by atoms with van der Waals surface area (Å²) in [5.41, 5.74) is 5.37. The van der Waals surface area contributed by atoms with Crippen molar-refractivity contribution in [2.75, 3.05) is 7.11 Å². The molecule has 0 spiro atoms. The molecule has 4 heteroatoms. The standard InChI is InChI=1S/C6H11NO3/c1-9-4-2-5(7)10-6(8)3-4/h4-5H,2-3,7H2,1H3. The molecule has 0 aromatic heterocycles. The summed E-state index contributed by atoms with van der Waals surface area (Å²) in [6.45, 7) is 0. The van der Waals surface area contributed by atoms with Gasteiger partial charge >= 0.3 is 5.97 Å². The van der Waals surface area contributed by atoms with Crippen molar-refractivity contribution in [3.63, 3.8) is 0 Å². The van der Waals surface area contributed by atoms with Gasteiger partial charge in [0.15, 0.2) is 6.23 Å². The lowest BCUT2D eigenvalue weighted by Crippen LogP contribution is -2.38. The molecule has 0 aromatic rings. The van der Waals surface area contributed by atoms with E-state index < -0.39 is 6.23 Å². The first kappa shape index (κ1) is 7.50. The summed E-state index contributed by atoms with van der Waals surface area (Å²) < 4.78 is 9.63. The lowest BCUT2D eigenvalue weighted by Gasteiger charge is -2.24. The second kappa shape index (κ2) is 2.98. The first-order chi connectivity index (χ1) is 4.72. The number of carbonyl (C=O) groups excluding carboxylic acids is 1. The maximum atomic E-state index is 10.7. The van der Waals surface area contributed by atoms with Gasteiger partial charge in [0.2, 0.25) is 0 Å². The van der Waals surface area contributed by atoms with E-state index in [1.54, 1.807) is 7.11 Å². The van der Waals surface area contributed by atoms with Crippen LogP contribution in [0, 0.1) is 0 Å². The lowest BCUT2D eigenvalue weighted by atomic mass is 10.1. The molecular weight excluding hydrogens is 134 g/mol. The molecule has 0 radical (unpaired) electrons. The molecular formula is C6H11NO3. The third-order valence-corrected chi connectivity index (χ3v) is 1.51. The third-order valence-electron chi connectivity index (χ3n) is 1.51. The van der Waals surface area contributed by atoms with Gasteiger partial charge in [0.25, 0.3) is 0 Å². The molecule has 1 saturated heterocycles. The summed E-state index contributed by atoms with van der Waals surface area (Å²) in [6.07, 6.45) is 0.384. The second-order valence-corrected chi connectivity index (χ2v) is 2.33. The van der Waals surface area contributed by atoms with E-state index in [0.29, 0.717) is 12.8 Å². The largest absolute Gasteiger partial charge is 0.447 e. The van der Waals surface area contributed by atoms with Gasteiger partial charge in [0.05, 0.1) is 12.5 Å². The molecule has 0 amide bonds. The van der Waals surface area contributed by atoms with Gasteiger partial charge in [-0.1, -0.05) is 0 Å². The topological polar surface area (TPSA) is 61.5 Å². The molecule has 1 rings (SSSR count). The number of rotatable bonds is 1. The highest BCUT2D eigenvalue weighted by atomic mass is 16.6. The van der Waals surface area contributed by atoms with Crippen LogP contribution in [-0.2, 0) is 14.3 Å². The van der Waals surface area contributed by atoms with Crippen LogP contribution in [0.4, 0.5) is 0 Å². The Morgan fingerprint density at radius 3 is 3.00 bits per heavy atom. The lowest BCUT2D eigenvalue weighted by molar-refractivity contribution is -0.160. The predicted molar refractivity (Wildman–Crippen MR) is 34.1 cm³/mol. The molecule has 1 fully saturated rings. The van der Waals surface area contributed by atoms with Crippen LogP contribution < -0.4 is 5.73 Å². The summed E-state index contributed by atoms with van der Waals surface area (Å²) in [7, 11) is 1.57. The fourth-order valence-corrected chi connectivity index (χ4v) is 0.973. The Kier molecular flexibility index (Phi) is 2.24. The molecule has 2 unspecified atom stereocenters. The Morgan fingerprint density at radius 1 is 1.80 bits per heavy atom. The minimum absolute atomic E-state index is 0.0590. The zero-order valence-corrected chi connectivity index (χ0v) is 5.87. The van der Waals surface area contributed by atoms with Crippen molar-refractivity contribution in [3.05, 3.63) is 0 Å². The highest BCUT2D eigenvalue weighted by molar-refractivity contribution is 5.70. The quantitative estimate of drug-likeness (QED) is 0.511. The Balaban J connectivity index is 2.42. The molecule has 0 aliphatic carbocycles.